The molecule has 5 nitrogen and oxygen atoms in total. The number of amides is 1. The van der Waals surface area contributed by atoms with Crippen LogP contribution in [0.5, 0.6) is 0 Å². The Balaban J connectivity index is 1.41. The van der Waals surface area contributed by atoms with Crippen molar-refractivity contribution in [2.24, 2.45) is 0 Å². The van der Waals surface area contributed by atoms with Gasteiger partial charge in [-0.2, -0.15) is 13.2 Å². The lowest BCUT2D eigenvalue weighted by Gasteiger charge is -2.25. The fourth-order valence-electron chi connectivity index (χ4n) is 4.51. The minimum Gasteiger partial charge on any atom is -0.352 e. The van der Waals surface area contributed by atoms with Crippen LogP contribution in [0.4, 0.5) is 19.0 Å². The van der Waals surface area contributed by atoms with Crippen LogP contribution in [0.25, 0.3) is 22.3 Å². The molecule has 0 atom stereocenters. The summed E-state index contributed by atoms with van der Waals surface area (Å²) in [6.07, 6.45) is -4.34. The van der Waals surface area contributed by atoms with Gasteiger partial charge in [-0.05, 0) is 47.5 Å². The van der Waals surface area contributed by atoms with E-state index in [2.05, 4.69) is 5.32 Å². The molecular formula is C32H26ClF3N4O. The summed E-state index contributed by atoms with van der Waals surface area (Å²) in [5, 5.41) is 4.10. The molecule has 0 fully saturated rings. The smallest absolute Gasteiger partial charge is 0.352 e. The lowest BCUT2D eigenvalue weighted by molar-refractivity contribution is -0.137. The van der Waals surface area contributed by atoms with Gasteiger partial charge in [-0.3, -0.25) is 4.79 Å². The molecule has 5 rings (SSSR count). The summed E-state index contributed by atoms with van der Waals surface area (Å²) in [4.78, 5) is 24.6. The summed E-state index contributed by atoms with van der Waals surface area (Å²) >= 11 is 6.49. The molecule has 9 heteroatoms. The second-order valence-corrected chi connectivity index (χ2v) is 9.91. The molecule has 1 heterocycles. The molecule has 0 saturated carbocycles. The summed E-state index contributed by atoms with van der Waals surface area (Å²) in [6.45, 7) is 0.783. The highest BCUT2D eigenvalue weighted by molar-refractivity contribution is 6.33. The van der Waals surface area contributed by atoms with E-state index < -0.39 is 11.7 Å². The molecule has 0 spiro atoms. The fourth-order valence-corrected chi connectivity index (χ4v) is 4.73. The zero-order valence-corrected chi connectivity index (χ0v) is 22.7. The SMILES string of the molecule is O=C(CCN(Cc1ccccc1)c1nc(-c2ccccc2Cl)nc2ccccc12)NCc1cccc(C(F)(F)F)c1. The standard InChI is InChI=1S/C32H26ClF3N4O/c33-27-15-6-4-13-25(27)30-38-28-16-7-5-14-26(28)31(39-30)40(21-22-9-2-1-3-10-22)18-17-29(41)37-20-23-11-8-12-24(19-23)32(34,35)36/h1-16,19H,17-18,20-21H2,(H,37,41). The predicted molar refractivity (Wildman–Crippen MR) is 155 cm³/mol. The molecular weight excluding hydrogens is 549 g/mol. The first-order chi connectivity index (χ1) is 19.8. The third-order valence-corrected chi connectivity index (χ3v) is 6.90. The number of nitrogens with zero attached hydrogens (tertiary/aromatic N) is 3. The first kappa shape index (κ1) is 28.1. The topological polar surface area (TPSA) is 58.1 Å². The van der Waals surface area contributed by atoms with Gasteiger partial charge in [0, 0.05) is 37.0 Å². The maximum atomic E-state index is 13.1. The lowest BCUT2D eigenvalue weighted by atomic mass is 10.1. The second-order valence-electron chi connectivity index (χ2n) is 9.50. The summed E-state index contributed by atoms with van der Waals surface area (Å²) in [5.41, 5.74) is 2.08. The van der Waals surface area contributed by atoms with Gasteiger partial charge < -0.3 is 10.2 Å². The number of halogens is 4. The highest BCUT2D eigenvalue weighted by Crippen LogP contribution is 2.32. The van der Waals surface area contributed by atoms with Crippen molar-refractivity contribution in [3.8, 4) is 11.4 Å². The molecule has 0 radical (unpaired) electrons. The van der Waals surface area contributed by atoms with Crippen molar-refractivity contribution in [3.05, 3.63) is 125 Å². The number of nitrogens with one attached hydrogen (secondary N) is 1. The number of hydrogen-bond donors (Lipinski definition) is 1. The van der Waals surface area contributed by atoms with Crippen LogP contribution in [0.3, 0.4) is 0 Å². The van der Waals surface area contributed by atoms with Crippen LogP contribution in [0.15, 0.2) is 103 Å². The molecule has 0 bridgehead atoms. The van der Waals surface area contributed by atoms with Crippen LogP contribution in [0, 0.1) is 0 Å². The number of alkyl halides is 3. The van der Waals surface area contributed by atoms with Crippen molar-refractivity contribution >= 4 is 34.2 Å². The van der Waals surface area contributed by atoms with Crippen LogP contribution in [0.2, 0.25) is 5.02 Å². The quantitative estimate of drug-likeness (QED) is 0.196. The van der Waals surface area contributed by atoms with Crippen LogP contribution in [0.1, 0.15) is 23.1 Å². The molecule has 41 heavy (non-hydrogen) atoms. The number of fused-ring (bicyclic) bond motifs is 1. The van der Waals surface area contributed by atoms with E-state index in [-0.39, 0.29) is 18.9 Å². The lowest BCUT2D eigenvalue weighted by Crippen LogP contribution is -2.31. The maximum absolute atomic E-state index is 13.1. The molecule has 208 valence electrons. The maximum Gasteiger partial charge on any atom is 0.416 e. The molecule has 0 unspecified atom stereocenters. The highest BCUT2D eigenvalue weighted by atomic mass is 35.5. The molecule has 0 aliphatic heterocycles. The zero-order valence-electron chi connectivity index (χ0n) is 21.9. The molecule has 0 aliphatic rings. The van der Waals surface area contributed by atoms with Crippen molar-refractivity contribution < 1.29 is 18.0 Å². The van der Waals surface area contributed by atoms with Crippen molar-refractivity contribution in [1.82, 2.24) is 15.3 Å². The predicted octanol–water partition coefficient (Wildman–Crippen LogP) is 7.68. The number of carbonyl (C=O) groups is 1. The first-order valence-corrected chi connectivity index (χ1v) is 13.4. The average molecular weight is 575 g/mol. The Kier molecular flexibility index (Phi) is 8.50. The van der Waals surface area contributed by atoms with E-state index in [0.29, 0.717) is 40.9 Å². The van der Waals surface area contributed by atoms with E-state index in [1.54, 1.807) is 12.1 Å². The molecule has 5 aromatic rings. The van der Waals surface area contributed by atoms with Gasteiger partial charge in [0.15, 0.2) is 5.82 Å². The van der Waals surface area contributed by atoms with E-state index in [1.807, 2.05) is 77.7 Å². The second kappa shape index (κ2) is 12.4. The first-order valence-electron chi connectivity index (χ1n) is 13.0. The van der Waals surface area contributed by atoms with Crippen molar-refractivity contribution in [2.45, 2.75) is 25.7 Å². The summed E-state index contributed by atoms with van der Waals surface area (Å²) in [7, 11) is 0. The number of rotatable bonds is 9. The Bertz CT molecular complexity index is 1660. The van der Waals surface area contributed by atoms with Crippen LogP contribution < -0.4 is 10.2 Å². The van der Waals surface area contributed by atoms with Crippen LogP contribution in [-0.2, 0) is 24.1 Å². The van der Waals surface area contributed by atoms with Crippen molar-refractivity contribution in [1.29, 1.82) is 0 Å². The van der Waals surface area contributed by atoms with Gasteiger partial charge >= 0.3 is 6.18 Å². The third kappa shape index (κ3) is 7.02. The van der Waals surface area contributed by atoms with Gasteiger partial charge in [0.1, 0.15) is 5.82 Å². The van der Waals surface area contributed by atoms with E-state index in [1.165, 1.54) is 6.07 Å². The molecule has 1 amide bonds. The van der Waals surface area contributed by atoms with Crippen molar-refractivity contribution in [2.75, 3.05) is 11.4 Å². The molecule has 0 saturated heterocycles. The number of anilines is 1. The van der Waals surface area contributed by atoms with Crippen LogP contribution >= 0.6 is 11.6 Å². The summed E-state index contributed by atoms with van der Waals surface area (Å²) in [5.74, 6) is 0.835. The molecule has 4 aromatic carbocycles. The largest absolute Gasteiger partial charge is 0.416 e. The Morgan fingerprint density at radius 2 is 1.54 bits per heavy atom. The molecule has 1 aromatic heterocycles. The Hall–Kier alpha value is -4.43. The summed E-state index contributed by atoms with van der Waals surface area (Å²) < 4.78 is 39.2. The number of carbonyl (C=O) groups excluding carboxylic acids is 1. The number of benzene rings is 4. The van der Waals surface area contributed by atoms with E-state index in [0.717, 1.165) is 28.6 Å². The van der Waals surface area contributed by atoms with E-state index >= 15 is 0 Å². The Morgan fingerprint density at radius 1 is 0.829 bits per heavy atom. The molecule has 0 aliphatic carbocycles. The van der Waals surface area contributed by atoms with Gasteiger partial charge in [-0.25, -0.2) is 9.97 Å². The minimum absolute atomic E-state index is 0.00543. The van der Waals surface area contributed by atoms with Crippen LogP contribution in [-0.4, -0.2) is 22.4 Å². The van der Waals surface area contributed by atoms with E-state index in [4.69, 9.17) is 21.6 Å². The van der Waals surface area contributed by atoms with Crippen molar-refractivity contribution in [3.63, 3.8) is 0 Å². The van der Waals surface area contributed by atoms with Gasteiger partial charge in [0.2, 0.25) is 5.91 Å². The summed E-state index contributed by atoms with van der Waals surface area (Å²) in [6, 6.07) is 29.8. The number of aromatic nitrogens is 2. The number of para-hydroxylation sites is 1. The van der Waals surface area contributed by atoms with E-state index in [9.17, 15) is 18.0 Å². The fraction of sp³-hybridized carbons (Fsp3) is 0.156. The van der Waals surface area contributed by atoms with Gasteiger partial charge in [-0.15, -0.1) is 0 Å². The van der Waals surface area contributed by atoms with Gasteiger partial charge in [-0.1, -0.05) is 78.3 Å². The normalized spacial score (nSPS) is 11.4. The Labute approximate surface area is 240 Å². The zero-order chi connectivity index (χ0) is 28.8. The Morgan fingerprint density at radius 3 is 2.32 bits per heavy atom. The monoisotopic (exact) mass is 574 g/mol. The number of hydrogen-bond acceptors (Lipinski definition) is 4. The van der Waals surface area contributed by atoms with Gasteiger partial charge in [0.05, 0.1) is 16.1 Å². The van der Waals surface area contributed by atoms with Gasteiger partial charge in [0.25, 0.3) is 0 Å². The highest BCUT2D eigenvalue weighted by Gasteiger charge is 2.30. The molecule has 1 N–H and O–H groups in total. The minimum atomic E-state index is -4.44. The third-order valence-electron chi connectivity index (χ3n) is 6.57. The average Bonchev–Trinajstić information content (AvgIpc) is 2.98.